The Hall–Kier alpha value is -1.31. The van der Waals surface area contributed by atoms with Gasteiger partial charge >= 0.3 is 0 Å². The summed E-state index contributed by atoms with van der Waals surface area (Å²) >= 11 is 0. The summed E-state index contributed by atoms with van der Waals surface area (Å²) in [5, 5.41) is 0. The van der Waals surface area contributed by atoms with E-state index in [4.69, 9.17) is 0 Å². The molecule has 0 bridgehead atoms. The monoisotopic (exact) mass is 218 g/mol. The largest absolute Gasteiger partial charge is 0.355 e. The topological polar surface area (TPSA) is 15.6 Å². The first-order valence-corrected chi connectivity index (χ1v) is 5.91. The summed E-state index contributed by atoms with van der Waals surface area (Å²) in [5.41, 5.74) is 1.02. The lowest BCUT2D eigenvalue weighted by Crippen LogP contribution is -2.40. The van der Waals surface area contributed by atoms with Crippen molar-refractivity contribution in [3.05, 3.63) is 30.3 Å². The van der Waals surface area contributed by atoms with Crippen molar-refractivity contribution in [3.8, 4) is 0 Å². The van der Waals surface area contributed by atoms with E-state index in [1.807, 2.05) is 30.3 Å². The van der Waals surface area contributed by atoms with Crippen molar-refractivity contribution in [1.82, 2.24) is 4.90 Å². The van der Waals surface area contributed by atoms with Gasteiger partial charge in [-0.1, -0.05) is 18.2 Å². The highest BCUT2D eigenvalue weighted by Gasteiger charge is 2.14. The normalized spacial score (nSPS) is 12.3. The molecule has 0 heterocycles. The van der Waals surface area contributed by atoms with Gasteiger partial charge in [0, 0.05) is 12.1 Å². The Morgan fingerprint density at radius 1 is 1.00 bits per heavy atom. The Morgan fingerprint density at radius 2 is 1.50 bits per heavy atom. The van der Waals surface area contributed by atoms with Crippen LogP contribution in [0.1, 0.15) is 34.6 Å². The summed E-state index contributed by atoms with van der Waals surface area (Å²) in [7, 11) is 0. The SMILES string of the molecule is C/C(=N/c1ccccc1)N(C(C)C)C(C)C. The molecule has 0 amide bonds. The molecule has 2 nitrogen and oxygen atoms in total. The molecular weight excluding hydrogens is 196 g/mol. The number of hydrogen-bond donors (Lipinski definition) is 0. The first-order chi connectivity index (χ1) is 7.52. The van der Waals surface area contributed by atoms with E-state index in [1.165, 1.54) is 0 Å². The molecule has 0 aliphatic carbocycles. The lowest BCUT2D eigenvalue weighted by atomic mass is 10.2. The number of hydrogen-bond acceptors (Lipinski definition) is 1. The Labute approximate surface area is 99.0 Å². The molecule has 1 aromatic carbocycles. The van der Waals surface area contributed by atoms with E-state index < -0.39 is 0 Å². The fourth-order valence-electron chi connectivity index (χ4n) is 2.09. The third-order valence-corrected chi connectivity index (χ3v) is 2.53. The Kier molecular flexibility index (Phi) is 4.53. The second-order valence-corrected chi connectivity index (χ2v) is 4.59. The minimum atomic E-state index is 0.479. The molecule has 0 radical (unpaired) electrons. The predicted molar refractivity (Wildman–Crippen MR) is 71.3 cm³/mol. The lowest BCUT2D eigenvalue weighted by molar-refractivity contribution is 0.290. The van der Waals surface area contributed by atoms with Crippen molar-refractivity contribution in [2.45, 2.75) is 46.7 Å². The molecule has 0 atom stereocenters. The predicted octanol–water partition coefficient (Wildman–Crippen LogP) is 3.86. The zero-order valence-electron chi connectivity index (χ0n) is 10.9. The molecule has 0 aliphatic heterocycles. The second kappa shape index (κ2) is 5.69. The van der Waals surface area contributed by atoms with E-state index in [-0.39, 0.29) is 0 Å². The minimum absolute atomic E-state index is 0.479. The standard InChI is InChI=1S/C14H22N2/c1-11(2)16(12(3)4)13(5)15-14-9-7-6-8-10-14/h6-12H,1-5H3/b15-13-. The van der Waals surface area contributed by atoms with Gasteiger partial charge in [0.15, 0.2) is 0 Å². The van der Waals surface area contributed by atoms with Crippen molar-refractivity contribution in [3.63, 3.8) is 0 Å². The number of para-hydroxylation sites is 1. The highest BCUT2D eigenvalue weighted by molar-refractivity contribution is 5.83. The van der Waals surface area contributed by atoms with Gasteiger partial charge in [0.25, 0.3) is 0 Å². The molecule has 0 fully saturated rings. The van der Waals surface area contributed by atoms with Crippen molar-refractivity contribution in [2.24, 2.45) is 4.99 Å². The van der Waals surface area contributed by atoms with Crippen LogP contribution in [-0.4, -0.2) is 22.8 Å². The van der Waals surface area contributed by atoms with Crippen molar-refractivity contribution in [2.75, 3.05) is 0 Å². The van der Waals surface area contributed by atoms with Crippen LogP contribution in [0.15, 0.2) is 35.3 Å². The summed E-state index contributed by atoms with van der Waals surface area (Å²) in [6.07, 6.45) is 0. The number of aliphatic imine (C=N–C) groups is 1. The summed E-state index contributed by atoms with van der Waals surface area (Å²) in [5.74, 6) is 1.08. The van der Waals surface area contributed by atoms with Crippen LogP contribution in [0.5, 0.6) is 0 Å². The molecule has 0 aliphatic rings. The third kappa shape index (κ3) is 3.37. The van der Waals surface area contributed by atoms with Gasteiger partial charge in [-0.2, -0.15) is 0 Å². The molecular formula is C14H22N2. The maximum atomic E-state index is 4.64. The van der Waals surface area contributed by atoms with Crippen LogP contribution < -0.4 is 0 Å². The maximum Gasteiger partial charge on any atom is 0.102 e. The van der Waals surface area contributed by atoms with Crippen molar-refractivity contribution >= 4 is 11.5 Å². The number of rotatable bonds is 3. The van der Waals surface area contributed by atoms with E-state index in [0.717, 1.165) is 11.5 Å². The van der Waals surface area contributed by atoms with Crippen LogP contribution in [0.3, 0.4) is 0 Å². The number of benzene rings is 1. The molecule has 0 saturated carbocycles. The summed E-state index contributed by atoms with van der Waals surface area (Å²) < 4.78 is 0. The Morgan fingerprint density at radius 3 is 1.94 bits per heavy atom. The molecule has 2 heteroatoms. The molecule has 88 valence electrons. The molecule has 0 unspecified atom stereocenters. The minimum Gasteiger partial charge on any atom is -0.355 e. The van der Waals surface area contributed by atoms with Gasteiger partial charge < -0.3 is 4.90 Å². The van der Waals surface area contributed by atoms with E-state index in [1.54, 1.807) is 0 Å². The van der Waals surface area contributed by atoms with E-state index >= 15 is 0 Å². The number of amidine groups is 1. The fourth-order valence-corrected chi connectivity index (χ4v) is 2.09. The Bertz CT molecular complexity index is 331. The highest BCUT2D eigenvalue weighted by Crippen LogP contribution is 2.14. The van der Waals surface area contributed by atoms with Crippen LogP contribution in [-0.2, 0) is 0 Å². The zero-order chi connectivity index (χ0) is 12.1. The van der Waals surface area contributed by atoms with E-state index in [2.05, 4.69) is 44.5 Å². The van der Waals surface area contributed by atoms with Crippen LogP contribution >= 0.6 is 0 Å². The fraction of sp³-hybridized carbons (Fsp3) is 0.500. The van der Waals surface area contributed by atoms with Gasteiger partial charge in [-0.15, -0.1) is 0 Å². The smallest absolute Gasteiger partial charge is 0.102 e. The van der Waals surface area contributed by atoms with Gasteiger partial charge in [0.1, 0.15) is 5.84 Å². The molecule has 0 N–H and O–H groups in total. The van der Waals surface area contributed by atoms with Crippen LogP contribution in [0.25, 0.3) is 0 Å². The van der Waals surface area contributed by atoms with Gasteiger partial charge in [0.2, 0.25) is 0 Å². The van der Waals surface area contributed by atoms with Crippen LogP contribution in [0.2, 0.25) is 0 Å². The summed E-state index contributed by atoms with van der Waals surface area (Å²) in [6, 6.07) is 11.1. The molecule has 1 aromatic rings. The second-order valence-electron chi connectivity index (χ2n) is 4.59. The quantitative estimate of drug-likeness (QED) is 0.555. The molecule has 16 heavy (non-hydrogen) atoms. The first-order valence-electron chi connectivity index (χ1n) is 5.91. The summed E-state index contributed by atoms with van der Waals surface area (Å²) in [6.45, 7) is 10.9. The zero-order valence-corrected chi connectivity index (χ0v) is 10.9. The number of nitrogens with zero attached hydrogens (tertiary/aromatic N) is 2. The lowest BCUT2D eigenvalue weighted by Gasteiger charge is -2.32. The van der Waals surface area contributed by atoms with Crippen molar-refractivity contribution in [1.29, 1.82) is 0 Å². The van der Waals surface area contributed by atoms with E-state index in [0.29, 0.717) is 12.1 Å². The summed E-state index contributed by atoms with van der Waals surface area (Å²) in [4.78, 5) is 6.97. The third-order valence-electron chi connectivity index (χ3n) is 2.53. The molecule has 1 rings (SSSR count). The highest BCUT2D eigenvalue weighted by atomic mass is 15.2. The van der Waals surface area contributed by atoms with Crippen LogP contribution in [0.4, 0.5) is 5.69 Å². The first kappa shape index (κ1) is 12.8. The average Bonchev–Trinajstić information content (AvgIpc) is 2.17. The molecule has 0 aromatic heterocycles. The maximum absolute atomic E-state index is 4.64. The van der Waals surface area contributed by atoms with Gasteiger partial charge in [0.05, 0.1) is 5.69 Å². The van der Waals surface area contributed by atoms with Gasteiger partial charge in [-0.05, 0) is 46.8 Å². The van der Waals surface area contributed by atoms with E-state index in [9.17, 15) is 0 Å². The van der Waals surface area contributed by atoms with Gasteiger partial charge in [-0.25, -0.2) is 4.99 Å². The van der Waals surface area contributed by atoms with Gasteiger partial charge in [-0.3, -0.25) is 0 Å². The molecule has 0 saturated heterocycles. The average molecular weight is 218 g/mol. The molecule has 0 spiro atoms. The van der Waals surface area contributed by atoms with Crippen molar-refractivity contribution < 1.29 is 0 Å². The Balaban J connectivity index is 2.91. The van der Waals surface area contributed by atoms with Crippen LogP contribution in [0, 0.1) is 0 Å².